The maximum Gasteiger partial charge on any atom is 0.253 e. The van der Waals surface area contributed by atoms with E-state index >= 15 is 0 Å². The molecule has 3 rings (SSSR count). The van der Waals surface area contributed by atoms with Gasteiger partial charge in [0.2, 0.25) is 10.0 Å². The van der Waals surface area contributed by atoms with Gasteiger partial charge in [-0.05, 0) is 49.9 Å². The lowest BCUT2D eigenvalue weighted by Gasteiger charge is -2.24. The summed E-state index contributed by atoms with van der Waals surface area (Å²) in [6.07, 6.45) is 3.90. The number of amides is 1. The Labute approximate surface area is 143 Å². The van der Waals surface area contributed by atoms with Crippen molar-refractivity contribution in [3.63, 3.8) is 0 Å². The van der Waals surface area contributed by atoms with Gasteiger partial charge in [-0.3, -0.25) is 9.52 Å². The van der Waals surface area contributed by atoms with Gasteiger partial charge in [0.05, 0.1) is 5.75 Å². The van der Waals surface area contributed by atoms with Crippen LogP contribution in [0, 0.1) is 0 Å². The smallest absolute Gasteiger partial charge is 0.253 e. The van der Waals surface area contributed by atoms with Gasteiger partial charge < -0.3 is 10.2 Å². The van der Waals surface area contributed by atoms with Crippen LogP contribution in [0.3, 0.4) is 0 Å². The van der Waals surface area contributed by atoms with E-state index in [-0.39, 0.29) is 11.7 Å². The first-order valence-corrected chi connectivity index (χ1v) is 10.3. The molecule has 2 atom stereocenters. The lowest BCUT2D eigenvalue weighted by molar-refractivity contribution is 0.0748. The zero-order valence-electron chi connectivity index (χ0n) is 14.0. The fourth-order valence-electron chi connectivity index (χ4n) is 3.49. The number of hydrogen-bond donors (Lipinski definition) is 2. The molecular formula is C17H25N3O3S. The average molecular weight is 351 g/mol. The molecule has 2 bridgehead atoms. The predicted octanol–water partition coefficient (Wildman–Crippen LogP) is 1.80. The second-order valence-corrected chi connectivity index (χ2v) is 8.52. The highest BCUT2D eigenvalue weighted by Crippen LogP contribution is 2.22. The first-order chi connectivity index (χ1) is 11.5. The number of fused-ring (bicyclic) bond motifs is 2. The molecule has 2 N–H and O–H groups in total. The van der Waals surface area contributed by atoms with Crippen molar-refractivity contribution in [1.29, 1.82) is 0 Å². The number of likely N-dealkylation sites (tertiary alicyclic amines) is 1. The molecule has 2 aliphatic rings. The van der Waals surface area contributed by atoms with Crippen molar-refractivity contribution in [2.24, 2.45) is 0 Å². The zero-order valence-corrected chi connectivity index (χ0v) is 14.8. The number of sulfonamides is 1. The maximum absolute atomic E-state index is 12.7. The summed E-state index contributed by atoms with van der Waals surface area (Å²) in [5.74, 6) is 0.115. The van der Waals surface area contributed by atoms with Gasteiger partial charge in [-0.25, -0.2) is 8.42 Å². The molecule has 0 spiro atoms. The molecule has 2 aliphatic heterocycles. The first-order valence-electron chi connectivity index (χ1n) is 8.63. The molecule has 2 saturated heterocycles. The Kier molecular flexibility index (Phi) is 5.10. The highest BCUT2D eigenvalue weighted by Gasteiger charge is 2.31. The van der Waals surface area contributed by atoms with Crippen molar-refractivity contribution in [1.82, 2.24) is 10.2 Å². The molecule has 7 heteroatoms. The van der Waals surface area contributed by atoms with Crippen LogP contribution in [0.5, 0.6) is 0 Å². The SMILES string of the molecule is CCCS(=O)(=O)Nc1ccc(C(=O)N2CCC3CCC(C2)N3)cc1. The van der Waals surface area contributed by atoms with Gasteiger partial charge in [-0.15, -0.1) is 0 Å². The third-order valence-corrected chi connectivity index (χ3v) is 6.18. The van der Waals surface area contributed by atoms with Gasteiger partial charge in [0.25, 0.3) is 5.91 Å². The number of rotatable bonds is 5. The van der Waals surface area contributed by atoms with Crippen molar-refractivity contribution in [2.45, 2.75) is 44.7 Å². The van der Waals surface area contributed by atoms with Crippen LogP contribution in [0.4, 0.5) is 5.69 Å². The van der Waals surface area contributed by atoms with Gasteiger partial charge in [0, 0.05) is 36.4 Å². The Morgan fingerprint density at radius 1 is 1.21 bits per heavy atom. The first kappa shape index (κ1) is 17.2. The minimum Gasteiger partial charge on any atom is -0.337 e. The summed E-state index contributed by atoms with van der Waals surface area (Å²) in [6, 6.07) is 7.65. The second kappa shape index (κ2) is 7.11. The third kappa shape index (κ3) is 4.08. The largest absolute Gasteiger partial charge is 0.337 e. The molecule has 0 saturated carbocycles. The van der Waals surface area contributed by atoms with E-state index in [4.69, 9.17) is 0 Å². The average Bonchev–Trinajstić information content (AvgIpc) is 2.86. The molecule has 2 fully saturated rings. The summed E-state index contributed by atoms with van der Waals surface area (Å²) in [4.78, 5) is 14.6. The van der Waals surface area contributed by atoms with Crippen molar-refractivity contribution in [3.05, 3.63) is 29.8 Å². The van der Waals surface area contributed by atoms with Crippen LogP contribution in [-0.4, -0.2) is 50.2 Å². The van der Waals surface area contributed by atoms with Gasteiger partial charge in [0.15, 0.2) is 0 Å². The summed E-state index contributed by atoms with van der Waals surface area (Å²) in [7, 11) is -3.30. The molecule has 1 amide bonds. The monoisotopic (exact) mass is 351 g/mol. The predicted molar refractivity (Wildman–Crippen MR) is 94.6 cm³/mol. The number of benzene rings is 1. The van der Waals surface area contributed by atoms with E-state index in [1.54, 1.807) is 24.3 Å². The second-order valence-electron chi connectivity index (χ2n) is 6.68. The van der Waals surface area contributed by atoms with E-state index in [2.05, 4.69) is 10.0 Å². The van der Waals surface area contributed by atoms with Crippen molar-refractivity contribution < 1.29 is 13.2 Å². The third-order valence-electron chi connectivity index (χ3n) is 4.69. The molecule has 1 aromatic rings. The molecule has 0 radical (unpaired) electrons. The normalized spacial score (nSPS) is 23.8. The van der Waals surface area contributed by atoms with Crippen molar-refractivity contribution in [2.75, 3.05) is 23.6 Å². The molecule has 6 nitrogen and oxygen atoms in total. The minimum absolute atomic E-state index is 0.0207. The van der Waals surface area contributed by atoms with Crippen LogP contribution in [0.2, 0.25) is 0 Å². The lowest BCUT2D eigenvalue weighted by atomic mass is 10.1. The number of carbonyl (C=O) groups excluding carboxylic acids is 1. The zero-order chi connectivity index (χ0) is 17.2. The molecule has 2 heterocycles. The molecule has 0 aliphatic carbocycles. The topological polar surface area (TPSA) is 78.5 Å². The minimum atomic E-state index is -3.30. The Bertz CT molecular complexity index is 688. The number of anilines is 1. The van der Waals surface area contributed by atoms with Gasteiger partial charge in [-0.2, -0.15) is 0 Å². The van der Waals surface area contributed by atoms with Crippen LogP contribution in [0.25, 0.3) is 0 Å². The van der Waals surface area contributed by atoms with Crippen LogP contribution in [0.15, 0.2) is 24.3 Å². The number of nitrogens with zero attached hydrogens (tertiary/aromatic N) is 1. The molecule has 0 aromatic heterocycles. The fraction of sp³-hybridized carbons (Fsp3) is 0.588. The number of hydrogen-bond acceptors (Lipinski definition) is 4. The number of nitrogens with one attached hydrogen (secondary N) is 2. The summed E-state index contributed by atoms with van der Waals surface area (Å²) in [5, 5.41) is 3.57. The van der Waals surface area contributed by atoms with Crippen LogP contribution >= 0.6 is 0 Å². The van der Waals surface area contributed by atoms with Crippen molar-refractivity contribution >= 4 is 21.6 Å². The highest BCUT2D eigenvalue weighted by molar-refractivity contribution is 7.92. The molecule has 1 aromatic carbocycles. The Balaban J connectivity index is 1.65. The Morgan fingerprint density at radius 3 is 2.62 bits per heavy atom. The molecule has 132 valence electrons. The van der Waals surface area contributed by atoms with Crippen LogP contribution in [-0.2, 0) is 10.0 Å². The van der Waals surface area contributed by atoms with Crippen LogP contribution < -0.4 is 10.0 Å². The Hall–Kier alpha value is -1.60. The van der Waals surface area contributed by atoms with E-state index in [9.17, 15) is 13.2 Å². The van der Waals surface area contributed by atoms with E-state index in [1.165, 1.54) is 6.42 Å². The summed E-state index contributed by atoms with van der Waals surface area (Å²) in [5.41, 5.74) is 1.10. The summed E-state index contributed by atoms with van der Waals surface area (Å²) < 4.78 is 26.1. The van der Waals surface area contributed by atoms with Gasteiger partial charge in [-0.1, -0.05) is 6.92 Å². The summed E-state index contributed by atoms with van der Waals surface area (Å²) in [6.45, 7) is 3.35. The quantitative estimate of drug-likeness (QED) is 0.848. The molecule has 2 unspecified atom stereocenters. The van der Waals surface area contributed by atoms with E-state index in [1.807, 2.05) is 11.8 Å². The summed E-state index contributed by atoms with van der Waals surface area (Å²) >= 11 is 0. The van der Waals surface area contributed by atoms with Gasteiger partial charge in [0.1, 0.15) is 0 Å². The van der Waals surface area contributed by atoms with Crippen LogP contribution in [0.1, 0.15) is 43.0 Å². The maximum atomic E-state index is 12.7. The van der Waals surface area contributed by atoms with E-state index < -0.39 is 10.0 Å². The molecular weight excluding hydrogens is 326 g/mol. The molecule has 24 heavy (non-hydrogen) atoms. The van der Waals surface area contributed by atoms with E-state index in [0.717, 1.165) is 25.9 Å². The van der Waals surface area contributed by atoms with E-state index in [0.29, 0.717) is 29.8 Å². The highest BCUT2D eigenvalue weighted by atomic mass is 32.2. The van der Waals surface area contributed by atoms with Crippen molar-refractivity contribution in [3.8, 4) is 0 Å². The number of carbonyl (C=O) groups is 1. The standard InChI is InChI=1S/C17H25N3O3S/c1-2-11-24(22,23)19-15-5-3-13(4-6-15)17(21)20-10-9-14-7-8-16(12-20)18-14/h3-6,14,16,18-19H,2,7-12H2,1H3. The Morgan fingerprint density at radius 2 is 1.92 bits per heavy atom. The lowest BCUT2D eigenvalue weighted by Crippen LogP contribution is -2.39. The fourth-order valence-corrected chi connectivity index (χ4v) is 4.62. The van der Waals surface area contributed by atoms with Gasteiger partial charge >= 0.3 is 0 Å².